The third-order valence-electron chi connectivity index (χ3n) is 5.80. The number of nitrogens with zero attached hydrogens (tertiary/aromatic N) is 2. The van der Waals surface area contributed by atoms with E-state index in [4.69, 9.17) is 21.1 Å². The fourth-order valence-corrected chi connectivity index (χ4v) is 5.09. The maximum atomic E-state index is 13.3. The summed E-state index contributed by atoms with van der Waals surface area (Å²) in [7, 11) is 0. The van der Waals surface area contributed by atoms with E-state index in [1.807, 2.05) is 0 Å². The molecule has 2 aliphatic rings. The van der Waals surface area contributed by atoms with Gasteiger partial charge in [-0.2, -0.15) is 0 Å². The van der Waals surface area contributed by atoms with Gasteiger partial charge in [-0.3, -0.25) is 19.3 Å². The van der Waals surface area contributed by atoms with Gasteiger partial charge >= 0.3 is 6.09 Å². The molecule has 4 rings (SSSR count). The molecule has 2 N–H and O–H groups in total. The zero-order valence-electron chi connectivity index (χ0n) is 20.8. The summed E-state index contributed by atoms with van der Waals surface area (Å²) >= 11 is 7.09. The van der Waals surface area contributed by atoms with Crippen molar-refractivity contribution in [3.63, 3.8) is 0 Å². The highest BCUT2D eigenvalue weighted by Gasteiger charge is 2.42. The summed E-state index contributed by atoms with van der Waals surface area (Å²) in [4.78, 5) is 54.3. The zero-order valence-corrected chi connectivity index (χ0v) is 22.4. The van der Waals surface area contributed by atoms with Crippen molar-refractivity contribution >= 4 is 58.1 Å². The number of morpholine rings is 1. The Morgan fingerprint density at radius 3 is 2.49 bits per heavy atom. The molecule has 1 unspecified atom stereocenters. The van der Waals surface area contributed by atoms with Crippen LogP contribution in [0.5, 0.6) is 0 Å². The van der Waals surface area contributed by atoms with Crippen LogP contribution in [0.2, 0.25) is 4.34 Å². The molecule has 10 nitrogen and oxygen atoms in total. The van der Waals surface area contributed by atoms with E-state index in [2.05, 4.69) is 10.6 Å². The van der Waals surface area contributed by atoms with Crippen LogP contribution in [0.1, 0.15) is 36.9 Å². The first-order chi connectivity index (χ1) is 17.5. The largest absolute Gasteiger partial charge is 0.444 e. The topological polar surface area (TPSA) is 117 Å². The van der Waals surface area contributed by atoms with Crippen LogP contribution in [0.25, 0.3) is 0 Å². The van der Waals surface area contributed by atoms with Crippen molar-refractivity contribution in [2.45, 2.75) is 44.9 Å². The van der Waals surface area contributed by atoms with Gasteiger partial charge in [0.2, 0.25) is 5.91 Å². The molecular weight excluding hydrogens is 520 g/mol. The van der Waals surface area contributed by atoms with Gasteiger partial charge in [0.1, 0.15) is 18.2 Å². The minimum Gasteiger partial charge on any atom is -0.444 e. The molecule has 37 heavy (non-hydrogen) atoms. The van der Waals surface area contributed by atoms with Crippen LogP contribution in [0.4, 0.5) is 16.2 Å². The molecule has 2 fully saturated rings. The highest BCUT2D eigenvalue weighted by atomic mass is 35.5. The summed E-state index contributed by atoms with van der Waals surface area (Å²) in [5.41, 5.74) is 0.471. The van der Waals surface area contributed by atoms with Gasteiger partial charge in [0, 0.05) is 30.5 Å². The monoisotopic (exact) mass is 548 g/mol. The molecule has 0 bridgehead atoms. The predicted octanol–water partition coefficient (Wildman–Crippen LogP) is 3.51. The number of carbonyl (C=O) groups excluding carboxylic acids is 4. The second-order valence-electron chi connectivity index (χ2n) is 9.79. The Balaban J connectivity index is 1.45. The van der Waals surface area contributed by atoms with E-state index in [0.717, 1.165) is 11.3 Å². The molecule has 3 heterocycles. The van der Waals surface area contributed by atoms with Crippen molar-refractivity contribution in [1.29, 1.82) is 0 Å². The number of nitrogens with one attached hydrogen (secondary N) is 2. The zero-order chi connectivity index (χ0) is 26.7. The maximum Gasteiger partial charge on any atom is 0.411 e. The average molecular weight is 549 g/mol. The van der Waals surface area contributed by atoms with E-state index in [9.17, 15) is 19.2 Å². The third kappa shape index (κ3) is 6.79. The predicted molar refractivity (Wildman–Crippen MR) is 140 cm³/mol. The Hall–Kier alpha value is -3.15. The van der Waals surface area contributed by atoms with Crippen LogP contribution in [-0.4, -0.2) is 72.7 Å². The number of hydrogen-bond donors (Lipinski definition) is 2. The van der Waals surface area contributed by atoms with Crippen LogP contribution in [0, 0.1) is 0 Å². The molecule has 0 radical (unpaired) electrons. The Morgan fingerprint density at radius 2 is 1.86 bits per heavy atom. The number of thiophene rings is 1. The molecule has 198 valence electrons. The van der Waals surface area contributed by atoms with E-state index < -0.39 is 29.7 Å². The molecule has 0 aliphatic carbocycles. The number of carbonyl (C=O) groups is 4. The quantitative estimate of drug-likeness (QED) is 0.590. The highest BCUT2D eigenvalue weighted by molar-refractivity contribution is 7.18. The van der Waals surface area contributed by atoms with Gasteiger partial charge in [0.05, 0.1) is 15.8 Å². The van der Waals surface area contributed by atoms with Gasteiger partial charge in [-0.15, -0.1) is 11.3 Å². The highest BCUT2D eigenvalue weighted by Crippen LogP contribution is 2.26. The van der Waals surface area contributed by atoms with E-state index >= 15 is 0 Å². The SMILES string of the molecule is CC(C)(C)OC(=O)N1C[C@@H](NC(=O)c2ccc(Cl)s2)CC1C(=O)Nc1ccc(N2CCOCC2=O)cc1. The summed E-state index contributed by atoms with van der Waals surface area (Å²) in [5, 5.41) is 5.73. The van der Waals surface area contributed by atoms with Gasteiger partial charge in [-0.25, -0.2) is 4.79 Å². The van der Waals surface area contributed by atoms with Crippen molar-refractivity contribution < 1.29 is 28.7 Å². The number of ether oxygens (including phenoxy) is 2. The van der Waals surface area contributed by atoms with Crippen LogP contribution in [-0.2, 0) is 19.1 Å². The number of amides is 4. The molecule has 2 saturated heterocycles. The van der Waals surface area contributed by atoms with Crippen LogP contribution in [0.15, 0.2) is 36.4 Å². The van der Waals surface area contributed by atoms with Crippen molar-refractivity contribution in [3.8, 4) is 0 Å². The van der Waals surface area contributed by atoms with Gasteiger partial charge in [-0.05, 0) is 63.6 Å². The maximum absolute atomic E-state index is 13.3. The van der Waals surface area contributed by atoms with Gasteiger partial charge in [0.25, 0.3) is 11.8 Å². The Bertz CT molecular complexity index is 1180. The van der Waals surface area contributed by atoms with Crippen molar-refractivity contribution in [1.82, 2.24) is 10.2 Å². The minimum atomic E-state index is -0.854. The first-order valence-electron chi connectivity index (χ1n) is 11.8. The summed E-state index contributed by atoms with van der Waals surface area (Å²) in [6, 6.07) is 8.84. The summed E-state index contributed by atoms with van der Waals surface area (Å²) in [5.74, 6) is -0.850. The fourth-order valence-electron chi connectivity index (χ4n) is 4.15. The molecule has 12 heteroatoms. The minimum absolute atomic E-state index is 0.0396. The molecule has 1 aromatic heterocycles. The smallest absolute Gasteiger partial charge is 0.411 e. The Morgan fingerprint density at radius 1 is 1.14 bits per heavy atom. The third-order valence-corrected chi connectivity index (χ3v) is 7.03. The Labute approximate surface area is 223 Å². The van der Waals surface area contributed by atoms with Gasteiger partial charge in [0.15, 0.2) is 0 Å². The lowest BCUT2D eigenvalue weighted by Crippen LogP contribution is -2.45. The number of anilines is 2. The fraction of sp³-hybridized carbons (Fsp3) is 0.440. The normalized spacial score (nSPS) is 20.1. The number of likely N-dealkylation sites (tertiary alicyclic amines) is 1. The first kappa shape index (κ1) is 26.9. The summed E-state index contributed by atoms with van der Waals surface area (Å²) < 4.78 is 11.2. The van der Waals surface area contributed by atoms with E-state index in [-0.39, 0.29) is 31.4 Å². The van der Waals surface area contributed by atoms with Crippen molar-refractivity contribution in [2.75, 3.05) is 36.5 Å². The molecule has 2 aliphatic heterocycles. The lowest BCUT2D eigenvalue weighted by Gasteiger charge is -2.28. The van der Waals surface area contributed by atoms with Crippen LogP contribution in [0.3, 0.4) is 0 Å². The standard InChI is InChI=1S/C25H29ClN4O6S/c1-25(2,3)36-24(34)30-13-16(28-23(33)19-8-9-20(26)37-19)12-18(30)22(32)27-15-4-6-17(7-5-15)29-10-11-35-14-21(29)31/h4-9,16,18H,10-14H2,1-3H3,(H,27,32)(H,28,33)/t16-,18?/m0/s1. The van der Waals surface area contributed by atoms with Crippen molar-refractivity contribution in [2.24, 2.45) is 0 Å². The van der Waals surface area contributed by atoms with Crippen LogP contribution < -0.4 is 15.5 Å². The number of benzene rings is 1. The second-order valence-corrected chi connectivity index (χ2v) is 11.5. The molecule has 4 amide bonds. The summed E-state index contributed by atoms with van der Waals surface area (Å²) in [6.07, 6.45) is -0.416. The van der Waals surface area contributed by atoms with E-state index in [1.165, 1.54) is 4.90 Å². The average Bonchev–Trinajstić information content (AvgIpc) is 3.45. The van der Waals surface area contributed by atoms with E-state index in [1.54, 1.807) is 62.1 Å². The molecule has 1 aromatic carbocycles. The van der Waals surface area contributed by atoms with Crippen molar-refractivity contribution in [3.05, 3.63) is 45.6 Å². The molecule has 2 aromatic rings. The molecule has 0 spiro atoms. The number of halogens is 1. The van der Waals surface area contributed by atoms with Gasteiger partial charge in [-0.1, -0.05) is 11.6 Å². The number of rotatable bonds is 5. The summed E-state index contributed by atoms with van der Waals surface area (Å²) in [6.45, 7) is 6.32. The first-order valence-corrected chi connectivity index (χ1v) is 13.0. The lowest BCUT2D eigenvalue weighted by molar-refractivity contribution is -0.125. The Kier molecular flexibility index (Phi) is 8.05. The van der Waals surface area contributed by atoms with Crippen LogP contribution >= 0.6 is 22.9 Å². The number of hydrogen-bond acceptors (Lipinski definition) is 7. The van der Waals surface area contributed by atoms with E-state index in [0.29, 0.717) is 33.7 Å². The molecule has 2 atom stereocenters. The lowest BCUT2D eigenvalue weighted by atomic mass is 10.1. The molecule has 0 saturated carbocycles. The molecular formula is C25H29ClN4O6S. The van der Waals surface area contributed by atoms with Gasteiger partial charge < -0.3 is 25.0 Å². The second kappa shape index (κ2) is 11.1.